The second-order valence-electron chi connectivity index (χ2n) is 9.80. The Balaban J connectivity index is 1.78. The number of anilines is 1. The number of carbonyl (C=O) groups is 2. The molecule has 3 heterocycles. The summed E-state index contributed by atoms with van der Waals surface area (Å²) in [5.41, 5.74) is 1.67. The van der Waals surface area contributed by atoms with Crippen molar-refractivity contribution < 1.29 is 19.1 Å². The molecule has 0 unspecified atom stereocenters. The average molecular weight is 554 g/mol. The fraction of sp³-hybridized carbons (Fsp3) is 0.448. The van der Waals surface area contributed by atoms with Crippen LogP contribution in [0.1, 0.15) is 68.8 Å². The van der Waals surface area contributed by atoms with Crippen molar-refractivity contribution in [3.05, 3.63) is 53.7 Å². The van der Waals surface area contributed by atoms with Gasteiger partial charge in [-0.05, 0) is 56.9 Å². The number of hydrogen-bond donors (Lipinski definition) is 1. The monoisotopic (exact) mass is 553 g/mol. The van der Waals surface area contributed by atoms with Gasteiger partial charge in [-0.2, -0.15) is 0 Å². The molecule has 0 aliphatic carbocycles. The van der Waals surface area contributed by atoms with E-state index >= 15 is 0 Å². The zero-order valence-corrected chi connectivity index (χ0v) is 23.5. The second kappa shape index (κ2) is 13.0. The van der Waals surface area contributed by atoms with Crippen LogP contribution in [-0.2, 0) is 4.79 Å². The molecule has 1 fully saturated rings. The van der Waals surface area contributed by atoms with Crippen LogP contribution in [0.25, 0.3) is 11.0 Å². The third-order valence-corrected chi connectivity index (χ3v) is 7.34. The molecule has 9 nitrogen and oxygen atoms in total. The number of nitrogens with zero attached hydrogens (tertiary/aromatic N) is 4. The van der Waals surface area contributed by atoms with Crippen molar-refractivity contribution in [3.63, 3.8) is 0 Å². The predicted molar refractivity (Wildman–Crippen MR) is 153 cm³/mol. The number of likely N-dealkylation sites (tertiary alicyclic amines) is 1. The largest absolute Gasteiger partial charge is 0.489 e. The Morgan fingerprint density at radius 3 is 2.87 bits per heavy atom. The Bertz CT molecular complexity index is 1340. The minimum absolute atomic E-state index is 0.00398. The van der Waals surface area contributed by atoms with Gasteiger partial charge in [0.1, 0.15) is 10.8 Å². The molecule has 1 N–H and O–H groups in total. The smallest absolute Gasteiger partial charge is 0.258 e. The van der Waals surface area contributed by atoms with E-state index in [1.807, 2.05) is 23.6 Å². The van der Waals surface area contributed by atoms with Crippen LogP contribution in [0.5, 0.6) is 11.6 Å². The van der Waals surface area contributed by atoms with Gasteiger partial charge in [0.15, 0.2) is 0 Å². The molecule has 1 aromatic carbocycles. The van der Waals surface area contributed by atoms with Gasteiger partial charge in [0, 0.05) is 30.9 Å². The SMILES string of the molecule is C=CC(=O)N1CCCC[C@@H](n2c(NC(=O)c3ccnc(OC)c3)nc3ccc(O[C@@H](C)CCCC)c(Cl)c32)C1. The van der Waals surface area contributed by atoms with Gasteiger partial charge in [-0.15, -0.1) is 0 Å². The Morgan fingerprint density at radius 2 is 2.13 bits per heavy atom. The van der Waals surface area contributed by atoms with Crippen molar-refractivity contribution in [3.8, 4) is 11.6 Å². The first kappa shape index (κ1) is 28.4. The normalized spacial score (nSPS) is 16.4. The summed E-state index contributed by atoms with van der Waals surface area (Å²) in [5.74, 6) is 0.766. The van der Waals surface area contributed by atoms with Crippen molar-refractivity contribution in [1.29, 1.82) is 0 Å². The summed E-state index contributed by atoms with van der Waals surface area (Å²) >= 11 is 7.00. The Hall–Kier alpha value is -3.59. The van der Waals surface area contributed by atoms with E-state index in [-0.39, 0.29) is 24.0 Å². The van der Waals surface area contributed by atoms with Gasteiger partial charge < -0.3 is 18.9 Å². The van der Waals surface area contributed by atoms with E-state index in [2.05, 4.69) is 23.8 Å². The number of imidazole rings is 1. The van der Waals surface area contributed by atoms with Gasteiger partial charge in [-0.1, -0.05) is 37.9 Å². The summed E-state index contributed by atoms with van der Waals surface area (Å²) in [4.78, 5) is 36.5. The lowest BCUT2D eigenvalue weighted by molar-refractivity contribution is -0.126. The molecular weight excluding hydrogens is 518 g/mol. The van der Waals surface area contributed by atoms with Gasteiger partial charge in [-0.25, -0.2) is 9.97 Å². The molecule has 10 heteroatoms. The van der Waals surface area contributed by atoms with Crippen LogP contribution >= 0.6 is 11.6 Å². The summed E-state index contributed by atoms with van der Waals surface area (Å²) in [6.45, 7) is 8.93. The van der Waals surface area contributed by atoms with Gasteiger partial charge in [0.2, 0.25) is 17.7 Å². The molecule has 0 radical (unpaired) electrons. The predicted octanol–water partition coefficient (Wildman–Crippen LogP) is 6.04. The molecule has 1 saturated heterocycles. The summed E-state index contributed by atoms with van der Waals surface area (Å²) in [6.07, 6.45) is 8.47. The van der Waals surface area contributed by atoms with Gasteiger partial charge in [0.05, 0.1) is 30.3 Å². The molecule has 2 amide bonds. The summed E-state index contributed by atoms with van der Waals surface area (Å²) in [7, 11) is 1.50. The lowest BCUT2D eigenvalue weighted by Crippen LogP contribution is -2.34. The first-order valence-corrected chi connectivity index (χ1v) is 13.8. The number of methoxy groups -OCH3 is 1. The quantitative estimate of drug-likeness (QED) is 0.307. The molecule has 1 aliphatic rings. The Labute approximate surface area is 234 Å². The molecule has 0 saturated carbocycles. The van der Waals surface area contributed by atoms with Crippen molar-refractivity contribution in [2.24, 2.45) is 0 Å². The third-order valence-electron chi connectivity index (χ3n) is 6.98. The van der Waals surface area contributed by atoms with E-state index < -0.39 is 0 Å². The highest BCUT2D eigenvalue weighted by Crippen LogP contribution is 2.39. The Morgan fingerprint density at radius 1 is 1.31 bits per heavy atom. The number of halogens is 1. The van der Waals surface area contributed by atoms with Crippen LogP contribution in [0.4, 0.5) is 5.95 Å². The third kappa shape index (κ3) is 6.53. The molecule has 2 atom stereocenters. The fourth-order valence-corrected chi connectivity index (χ4v) is 5.22. The van der Waals surface area contributed by atoms with E-state index in [4.69, 9.17) is 26.1 Å². The van der Waals surface area contributed by atoms with Crippen LogP contribution in [0.2, 0.25) is 5.02 Å². The molecule has 1 aliphatic heterocycles. The first-order chi connectivity index (χ1) is 18.9. The van der Waals surface area contributed by atoms with Gasteiger partial charge in [-0.3, -0.25) is 14.9 Å². The number of pyridine rings is 1. The molecule has 4 rings (SSSR count). The Kier molecular flexibility index (Phi) is 9.45. The van der Waals surface area contributed by atoms with E-state index in [0.29, 0.717) is 52.3 Å². The number of unbranched alkanes of at least 4 members (excludes halogenated alkanes) is 1. The number of ether oxygens (including phenoxy) is 2. The molecule has 0 bridgehead atoms. The number of aromatic nitrogens is 3. The highest BCUT2D eigenvalue weighted by molar-refractivity contribution is 6.36. The van der Waals surface area contributed by atoms with Gasteiger partial charge >= 0.3 is 0 Å². The fourth-order valence-electron chi connectivity index (χ4n) is 4.93. The number of fused-ring (bicyclic) bond motifs is 1. The zero-order chi connectivity index (χ0) is 27.9. The van der Waals surface area contributed by atoms with E-state index in [0.717, 1.165) is 38.5 Å². The van der Waals surface area contributed by atoms with Crippen LogP contribution in [0.15, 0.2) is 43.1 Å². The van der Waals surface area contributed by atoms with Crippen LogP contribution < -0.4 is 14.8 Å². The van der Waals surface area contributed by atoms with E-state index in [9.17, 15) is 9.59 Å². The molecule has 2 aromatic heterocycles. The number of hydrogen-bond acceptors (Lipinski definition) is 6. The molecule has 39 heavy (non-hydrogen) atoms. The number of benzene rings is 1. The maximum atomic E-state index is 13.3. The maximum absolute atomic E-state index is 13.3. The number of amides is 2. The minimum Gasteiger partial charge on any atom is -0.489 e. The van der Waals surface area contributed by atoms with Crippen molar-refractivity contribution in [1.82, 2.24) is 19.4 Å². The summed E-state index contributed by atoms with van der Waals surface area (Å²) in [6, 6.07) is 6.68. The average Bonchev–Trinajstić information content (AvgIpc) is 3.13. The number of rotatable bonds is 10. The second-order valence-corrected chi connectivity index (χ2v) is 10.2. The molecule has 0 spiro atoms. The minimum atomic E-state index is -0.360. The molecule has 208 valence electrons. The standard InChI is InChI=1S/C29H36ClN5O4/c1-5-7-10-19(3)39-23-13-12-22-27(26(23)30)35(21-11-8-9-16-34(18-21)25(36)6-2)29(32-22)33-28(37)20-14-15-31-24(17-20)38-4/h6,12-15,17,19,21H,2,5,7-11,16,18H2,1,3-4H3,(H,32,33,37)/t19-,21+/m0/s1. The van der Waals surface area contributed by atoms with E-state index in [1.165, 1.54) is 19.4 Å². The highest BCUT2D eigenvalue weighted by Gasteiger charge is 2.28. The number of carbonyl (C=O) groups excluding carboxylic acids is 2. The summed E-state index contributed by atoms with van der Waals surface area (Å²) in [5, 5.41) is 3.40. The first-order valence-electron chi connectivity index (χ1n) is 13.5. The van der Waals surface area contributed by atoms with Crippen molar-refractivity contribution >= 4 is 40.4 Å². The van der Waals surface area contributed by atoms with Crippen molar-refractivity contribution in [2.45, 2.75) is 64.5 Å². The van der Waals surface area contributed by atoms with Gasteiger partial charge in [0.25, 0.3) is 5.91 Å². The molecular formula is C29H36ClN5O4. The maximum Gasteiger partial charge on any atom is 0.258 e. The molecule has 3 aromatic rings. The van der Waals surface area contributed by atoms with Crippen LogP contribution in [0, 0.1) is 0 Å². The topological polar surface area (TPSA) is 98.6 Å². The van der Waals surface area contributed by atoms with Crippen LogP contribution in [-0.4, -0.2) is 57.6 Å². The zero-order valence-electron chi connectivity index (χ0n) is 22.8. The lowest BCUT2D eigenvalue weighted by atomic mass is 10.1. The summed E-state index contributed by atoms with van der Waals surface area (Å²) < 4.78 is 13.4. The highest BCUT2D eigenvalue weighted by atomic mass is 35.5. The lowest BCUT2D eigenvalue weighted by Gasteiger charge is -2.26. The van der Waals surface area contributed by atoms with Crippen molar-refractivity contribution in [2.75, 3.05) is 25.5 Å². The number of nitrogens with one attached hydrogen (secondary N) is 1. The van der Waals surface area contributed by atoms with E-state index in [1.54, 1.807) is 17.0 Å². The van der Waals surface area contributed by atoms with Crippen LogP contribution in [0.3, 0.4) is 0 Å².